The average Bonchev–Trinajstić information content (AvgIpc) is 3.91. The fourth-order valence-corrected chi connectivity index (χ4v) is 8.60. The lowest BCUT2D eigenvalue weighted by Gasteiger charge is -2.26. The van der Waals surface area contributed by atoms with Crippen molar-refractivity contribution in [2.24, 2.45) is 0 Å². The minimum Gasteiger partial charge on any atom is -0.456 e. The Hall–Kier alpha value is -7.88. The molecule has 0 unspecified atom stereocenters. The molecule has 0 fully saturated rings. The zero-order valence-corrected chi connectivity index (χ0v) is 31.7. The Morgan fingerprint density at radius 3 is 1.81 bits per heavy atom. The molecule has 3 nitrogen and oxygen atoms in total. The number of benzene rings is 10. The summed E-state index contributed by atoms with van der Waals surface area (Å²) in [4.78, 5) is 1.86. The molecule has 12 rings (SSSR count). The second-order valence-corrected chi connectivity index (χ2v) is 15.0. The lowest BCUT2D eigenvalue weighted by molar-refractivity contribution is 0.669. The predicted octanol–water partition coefficient (Wildman–Crippen LogP) is 16.3. The molecule has 59 heavy (non-hydrogen) atoms. The van der Waals surface area contributed by atoms with Crippen molar-refractivity contribution in [3.05, 3.63) is 212 Å². The monoisotopic (exact) mass is 757 g/mol. The van der Waals surface area contributed by atoms with Crippen molar-refractivity contribution < 1.29 is 14.3 Å². The van der Waals surface area contributed by atoms with Crippen LogP contribution in [0, 0.1) is 0 Å². The first-order chi connectivity index (χ1) is 30.9. The molecule has 0 bridgehead atoms. The van der Waals surface area contributed by atoms with E-state index in [-0.39, 0.29) is 35.4 Å². The Morgan fingerprint density at radius 2 is 0.949 bits per heavy atom. The van der Waals surface area contributed by atoms with Gasteiger partial charge >= 0.3 is 0 Å². The van der Waals surface area contributed by atoms with E-state index in [1.165, 1.54) is 10.8 Å². The first-order valence-electron chi connectivity index (χ1n) is 21.7. The van der Waals surface area contributed by atoms with Gasteiger partial charge < -0.3 is 13.7 Å². The Bertz CT molecular complexity index is 3780. The van der Waals surface area contributed by atoms with Gasteiger partial charge in [-0.2, -0.15) is 0 Å². The Labute approximate surface area is 346 Å². The summed E-state index contributed by atoms with van der Waals surface area (Å²) in [6.45, 7) is 0. The van der Waals surface area contributed by atoms with Crippen molar-refractivity contribution in [2.75, 3.05) is 4.90 Å². The molecule has 0 spiro atoms. The van der Waals surface area contributed by atoms with E-state index in [2.05, 4.69) is 103 Å². The molecule has 0 saturated carbocycles. The highest BCUT2D eigenvalue weighted by Gasteiger charge is 2.21. The minimum absolute atomic E-state index is 0.132. The SMILES string of the molecule is [2H]c1c([2H])c(N(c2ccc(-c3cccc(-c4ccc5ccccc5c4)c3)cc2)c2cccc3oc4c5ccccc5ccc4c23)c([2H])c([2H])c1-c1ccc2c(c1)oc1ccccc12. The third-order valence-electron chi connectivity index (χ3n) is 11.5. The molecule has 0 aliphatic rings. The van der Waals surface area contributed by atoms with Crippen molar-refractivity contribution in [3.63, 3.8) is 0 Å². The van der Waals surface area contributed by atoms with Gasteiger partial charge in [0.25, 0.3) is 0 Å². The molecule has 276 valence electrons. The quantitative estimate of drug-likeness (QED) is 0.169. The third kappa shape index (κ3) is 5.59. The number of rotatable bonds is 6. The van der Waals surface area contributed by atoms with Gasteiger partial charge in [0.15, 0.2) is 0 Å². The van der Waals surface area contributed by atoms with Gasteiger partial charge in [-0.25, -0.2) is 0 Å². The van der Waals surface area contributed by atoms with Crippen LogP contribution in [0.1, 0.15) is 5.48 Å². The molecular formula is C56H35NO2. The van der Waals surface area contributed by atoms with Crippen LogP contribution in [0.5, 0.6) is 0 Å². The Kier molecular flexibility index (Phi) is 6.65. The van der Waals surface area contributed by atoms with Crippen LogP contribution >= 0.6 is 0 Å². The first kappa shape index (κ1) is 29.4. The van der Waals surface area contributed by atoms with Gasteiger partial charge in [0.2, 0.25) is 0 Å². The molecule has 0 N–H and O–H groups in total. The van der Waals surface area contributed by atoms with Gasteiger partial charge in [0, 0.05) is 32.9 Å². The summed E-state index contributed by atoms with van der Waals surface area (Å²) in [5.74, 6) is 0. The normalized spacial score (nSPS) is 12.7. The van der Waals surface area contributed by atoms with Crippen molar-refractivity contribution in [2.45, 2.75) is 0 Å². The van der Waals surface area contributed by atoms with Crippen LogP contribution in [-0.2, 0) is 0 Å². The number of hydrogen-bond donors (Lipinski definition) is 0. The number of furan rings is 2. The fourth-order valence-electron chi connectivity index (χ4n) is 8.60. The van der Waals surface area contributed by atoms with Crippen LogP contribution in [0.4, 0.5) is 17.1 Å². The summed E-state index contributed by atoms with van der Waals surface area (Å²) >= 11 is 0. The summed E-state index contributed by atoms with van der Waals surface area (Å²) < 4.78 is 51.2. The second-order valence-electron chi connectivity index (χ2n) is 15.0. The van der Waals surface area contributed by atoms with E-state index < -0.39 is 0 Å². The van der Waals surface area contributed by atoms with Gasteiger partial charge in [-0.1, -0.05) is 139 Å². The van der Waals surface area contributed by atoms with Crippen molar-refractivity contribution >= 4 is 82.5 Å². The first-order valence-corrected chi connectivity index (χ1v) is 19.7. The summed E-state index contributed by atoms with van der Waals surface area (Å²) in [5.41, 5.74) is 9.26. The van der Waals surface area contributed by atoms with E-state index in [9.17, 15) is 5.48 Å². The van der Waals surface area contributed by atoms with E-state index in [0.29, 0.717) is 28.1 Å². The van der Waals surface area contributed by atoms with E-state index in [1.807, 2.05) is 89.8 Å². The van der Waals surface area contributed by atoms with Crippen LogP contribution in [0.15, 0.2) is 221 Å². The van der Waals surface area contributed by atoms with Crippen molar-refractivity contribution in [1.29, 1.82) is 0 Å². The maximum Gasteiger partial charge on any atom is 0.143 e. The molecule has 10 aromatic carbocycles. The van der Waals surface area contributed by atoms with Gasteiger partial charge in [0.05, 0.1) is 16.6 Å². The number of hydrogen-bond acceptors (Lipinski definition) is 3. The van der Waals surface area contributed by atoms with Crippen LogP contribution in [0.3, 0.4) is 0 Å². The molecule has 0 saturated heterocycles. The zero-order valence-electron chi connectivity index (χ0n) is 35.7. The maximum absolute atomic E-state index is 9.70. The second kappa shape index (κ2) is 13.4. The van der Waals surface area contributed by atoms with E-state index >= 15 is 0 Å². The Balaban J connectivity index is 1.03. The molecule has 3 heteroatoms. The van der Waals surface area contributed by atoms with Crippen LogP contribution in [-0.4, -0.2) is 0 Å². The zero-order chi connectivity index (χ0) is 42.3. The number of fused-ring (bicyclic) bond motifs is 9. The largest absolute Gasteiger partial charge is 0.456 e. The summed E-state index contributed by atoms with van der Waals surface area (Å²) in [7, 11) is 0. The molecule has 0 amide bonds. The van der Waals surface area contributed by atoms with Crippen LogP contribution in [0.25, 0.3) is 98.8 Å². The lowest BCUT2D eigenvalue weighted by atomic mass is 9.97. The highest BCUT2D eigenvalue weighted by molar-refractivity contribution is 6.19. The van der Waals surface area contributed by atoms with Crippen molar-refractivity contribution in [3.8, 4) is 33.4 Å². The molecule has 2 heterocycles. The summed E-state index contributed by atoms with van der Waals surface area (Å²) in [5, 5.41) is 8.01. The molecular weight excluding hydrogens is 719 g/mol. The van der Waals surface area contributed by atoms with Crippen LogP contribution in [0.2, 0.25) is 0 Å². The maximum atomic E-state index is 9.70. The number of para-hydroxylation sites is 1. The molecule has 12 aromatic rings. The lowest BCUT2D eigenvalue weighted by Crippen LogP contribution is -2.10. The van der Waals surface area contributed by atoms with Gasteiger partial charge in [-0.15, -0.1) is 0 Å². The molecule has 2 aromatic heterocycles. The summed E-state index contributed by atoms with van der Waals surface area (Å²) in [6.07, 6.45) is 0. The van der Waals surface area contributed by atoms with E-state index in [0.717, 1.165) is 65.7 Å². The van der Waals surface area contributed by atoms with Gasteiger partial charge in [-0.05, 0) is 122 Å². The fraction of sp³-hybridized carbons (Fsp3) is 0. The standard InChI is InChI=1S/C56H35NO2/c1-2-11-40-34-43(20-19-36(40)9-1)42-13-7-12-41(33-42)37-21-27-45(28-22-37)57(51-16-8-18-53-55(51)50-32-25-39-10-3-4-14-47(39)56(50)59-53)46-29-23-38(24-30-46)44-26-31-49-48-15-5-6-17-52(48)58-54(49)35-44/h1-35H/i23D,24D,29D,30D. The molecule has 0 aliphatic carbocycles. The third-order valence-corrected chi connectivity index (χ3v) is 11.5. The topological polar surface area (TPSA) is 29.5 Å². The molecule has 0 aliphatic heterocycles. The van der Waals surface area contributed by atoms with Gasteiger partial charge in [-0.3, -0.25) is 0 Å². The number of nitrogens with zero attached hydrogens (tertiary/aromatic N) is 1. The van der Waals surface area contributed by atoms with E-state index in [1.54, 1.807) is 0 Å². The molecule has 0 atom stereocenters. The van der Waals surface area contributed by atoms with Crippen molar-refractivity contribution in [1.82, 2.24) is 0 Å². The molecule has 0 radical (unpaired) electrons. The average molecular weight is 758 g/mol. The summed E-state index contributed by atoms with van der Waals surface area (Å²) in [6, 6.07) is 62.3. The Morgan fingerprint density at radius 1 is 0.339 bits per heavy atom. The van der Waals surface area contributed by atoms with E-state index in [4.69, 9.17) is 8.83 Å². The van der Waals surface area contributed by atoms with Crippen LogP contribution < -0.4 is 4.90 Å². The minimum atomic E-state index is -0.168. The predicted molar refractivity (Wildman–Crippen MR) is 247 cm³/mol. The highest BCUT2D eigenvalue weighted by Crippen LogP contribution is 2.45. The number of anilines is 3. The van der Waals surface area contributed by atoms with Gasteiger partial charge in [0.1, 0.15) is 22.3 Å². The smallest absolute Gasteiger partial charge is 0.143 e. The highest BCUT2D eigenvalue weighted by atomic mass is 16.3.